The minimum atomic E-state index is -4.55. The molecule has 0 spiro atoms. The van der Waals surface area contributed by atoms with Crippen LogP contribution in [0.25, 0.3) is 0 Å². The molecule has 42 heavy (non-hydrogen) atoms. The molecule has 4 aliphatic rings. The molecular weight excluding hydrogens is 541 g/mol. The van der Waals surface area contributed by atoms with Crippen LogP contribution in [0, 0.1) is 5.41 Å². The number of halogens is 3. The molecule has 3 N–H and O–H groups in total. The summed E-state index contributed by atoms with van der Waals surface area (Å²) in [6.45, 7) is 11.5. The Hall–Kier alpha value is -2.36. The maximum atomic E-state index is 13.2. The first-order chi connectivity index (χ1) is 20.0. The van der Waals surface area contributed by atoms with Crippen LogP contribution in [0.3, 0.4) is 0 Å². The quantitative estimate of drug-likeness (QED) is 0.339. The van der Waals surface area contributed by atoms with E-state index in [0.29, 0.717) is 18.1 Å². The summed E-state index contributed by atoms with van der Waals surface area (Å²) in [5, 5.41) is 29.1. The Morgan fingerprint density at radius 3 is 2.29 bits per heavy atom. The Labute approximate surface area is 248 Å². The fourth-order valence-electron chi connectivity index (χ4n) is 7.55. The predicted octanol–water partition coefficient (Wildman–Crippen LogP) is 6.33. The van der Waals surface area contributed by atoms with Crippen molar-refractivity contribution in [3.63, 3.8) is 0 Å². The van der Waals surface area contributed by atoms with Crippen LogP contribution in [0.4, 0.5) is 13.2 Å². The van der Waals surface area contributed by atoms with Crippen molar-refractivity contribution in [2.75, 3.05) is 32.7 Å². The molecular formula is C33H47F3N4O2. The third kappa shape index (κ3) is 6.43. The molecule has 3 heterocycles. The van der Waals surface area contributed by atoms with Gasteiger partial charge in [-0.1, -0.05) is 6.92 Å². The number of allylic oxidation sites excluding steroid dienone is 3. The first-order valence-electron chi connectivity index (χ1n) is 15.8. The molecule has 1 aromatic rings. The number of aliphatic hydroxyl groups is 1. The lowest BCUT2D eigenvalue weighted by molar-refractivity contribution is -0.137. The van der Waals surface area contributed by atoms with Crippen molar-refractivity contribution in [3.05, 3.63) is 51.7 Å². The molecule has 0 radical (unpaired) electrons. The van der Waals surface area contributed by atoms with Gasteiger partial charge in [0, 0.05) is 42.5 Å². The molecule has 1 atom stereocenters. The maximum absolute atomic E-state index is 13.2. The van der Waals surface area contributed by atoms with E-state index in [1.807, 2.05) is 6.92 Å². The Balaban J connectivity index is 1.33. The summed E-state index contributed by atoms with van der Waals surface area (Å²) in [7, 11) is 0. The molecule has 1 aromatic carbocycles. The van der Waals surface area contributed by atoms with Gasteiger partial charge >= 0.3 is 6.18 Å². The Kier molecular flexibility index (Phi) is 9.40. The molecule has 1 saturated carbocycles. The molecule has 3 saturated heterocycles. The molecule has 9 heteroatoms. The van der Waals surface area contributed by atoms with Crippen molar-refractivity contribution in [3.8, 4) is 5.75 Å². The summed E-state index contributed by atoms with van der Waals surface area (Å²) < 4.78 is 39.5. The first-order valence-corrected chi connectivity index (χ1v) is 15.8. The second kappa shape index (κ2) is 12.7. The summed E-state index contributed by atoms with van der Waals surface area (Å²) in [6, 6.07) is 4.42. The van der Waals surface area contributed by atoms with Crippen LogP contribution >= 0.6 is 0 Å². The predicted molar refractivity (Wildman–Crippen MR) is 160 cm³/mol. The first kappa shape index (κ1) is 31.1. The second-order valence-electron chi connectivity index (χ2n) is 12.8. The van der Waals surface area contributed by atoms with Gasteiger partial charge in [-0.2, -0.15) is 13.2 Å². The highest BCUT2D eigenvalue weighted by atomic mass is 19.4. The van der Waals surface area contributed by atoms with E-state index in [-0.39, 0.29) is 17.4 Å². The average Bonchev–Trinajstić information content (AvgIpc) is 2.97. The molecule has 0 aromatic heterocycles. The molecule has 232 valence electrons. The number of hydrogen-bond donors (Lipinski definition) is 3. The number of aromatic hydroxyl groups is 1. The molecule has 3 aliphatic heterocycles. The lowest BCUT2D eigenvalue weighted by atomic mass is 9.85. The Morgan fingerprint density at radius 2 is 1.67 bits per heavy atom. The van der Waals surface area contributed by atoms with Crippen LogP contribution in [-0.4, -0.2) is 87.6 Å². The Morgan fingerprint density at radius 1 is 0.952 bits per heavy atom. The van der Waals surface area contributed by atoms with E-state index < -0.39 is 17.5 Å². The number of nitrogens with zero attached hydrogens (tertiary/aromatic N) is 3. The van der Waals surface area contributed by atoms with Gasteiger partial charge in [0.25, 0.3) is 0 Å². The van der Waals surface area contributed by atoms with Crippen LogP contribution in [-0.2, 0) is 6.18 Å². The number of aliphatic hydroxyl groups excluding tert-OH is 1. The number of benzene rings is 1. The highest BCUT2D eigenvalue weighted by molar-refractivity contribution is 6.12. The van der Waals surface area contributed by atoms with Gasteiger partial charge in [0.15, 0.2) is 0 Å². The van der Waals surface area contributed by atoms with Crippen molar-refractivity contribution in [2.45, 2.75) is 109 Å². The van der Waals surface area contributed by atoms with Crippen LogP contribution < -0.4 is 0 Å². The van der Waals surface area contributed by atoms with Crippen molar-refractivity contribution in [1.82, 2.24) is 14.7 Å². The summed E-state index contributed by atoms with van der Waals surface area (Å²) in [6.07, 6.45) is 4.46. The molecule has 6 nitrogen and oxygen atoms in total. The number of nitrogens with one attached hydrogen (secondary N) is 1. The van der Waals surface area contributed by atoms with E-state index >= 15 is 0 Å². The minimum absolute atomic E-state index is 0.0792. The van der Waals surface area contributed by atoms with E-state index in [9.17, 15) is 23.4 Å². The SMILES string of the molecule is CC/C(C)=C1/C(=C(/C)C(=N)c2ccc(C(F)(F)F)cc2O)CCCN1C1CCCN(C2CCN(C3CC(O)C3)CC2)C1. The normalized spacial score (nSPS) is 29.3. The molecule has 0 bridgehead atoms. The van der Waals surface area contributed by atoms with Crippen LogP contribution in [0.5, 0.6) is 5.75 Å². The maximum Gasteiger partial charge on any atom is 0.416 e. The van der Waals surface area contributed by atoms with Crippen LogP contribution in [0.2, 0.25) is 0 Å². The third-order valence-electron chi connectivity index (χ3n) is 10.2. The summed E-state index contributed by atoms with van der Waals surface area (Å²) in [5.74, 6) is -0.511. The van der Waals surface area contributed by atoms with E-state index in [1.165, 1.54) is 30.2 Å². The number of hydrogen-bond acceptors (Lipinski definition) is 6. The van der Waals surface area contributed by atoms with Gasteiger partial charge in [0.2, 0.25) is 0 Å². The zero-order valence-corrected chi connectivity index (χ0v) is 25.3. The van der Waals surface area contributed by atoms with Gasteiger partial charge in [0.1, 0.15) is 5.75 Å². The third-order valence-corrected chi connectivity index (χ3v) is 10.2. The highest BCUT2D eigenvalue weighted by Crippen LogP contribution is 2.39. The smallest absolute Gasteiger partial charge is 0.416 e. The lowest BCUT2D eigenvalue weighted by Gasteiger charge is -2.49. The number of rotatable bonds is 6. The topological polar surface area (TPSA) is 74.0 Å². The molecule has 4 fully saturated rings. The van der Waals surface area contributed by atoms with Crippen molar-refractivity contribution in [1.29, 1.82) is 5.41 Å². The van der Waals surface area contributed by atoms with E-state index in [2.05, 4.69) is 28.5 Å². The summed E-state index contributed by atoms with van der Waals surface area (Å²) >= 11 is 0. The number of phenolic OH excluding ortho intramolecular Hbond substituents is 1. The van der Waals surface area contributed by atoms with Crippen LogP contribution in [0.15, 0.2) is 40.6 Å². The largest absolute Gasteiger partial charge is 0.507 e. The summed E-state index contributed by atoms with van der Waals surface area (Å²) in [4.78, 5) is 7.84. The average molecular weight is 589 g/mol. The van der Waals surface area contributed by atoms with E-state index in [0.717, 1.165) is 101 Å². The van der Waals surface area contributed by atoms with Crippen molar-refractivity contribution < 1.29 is 23.4 Å². The Bertz CT molecular complexity index is 1210. The lowest BCUT2D eigenvalue weighted by Crippen LogP contribution is -2.56. The molecule has 1 unspecified atom stereocenters. The number of phenols is 1. The number of alkyl halides is 3. The molecule has 5 rings (SSSR count). The number of likely N-dealkylation sites (tertiary alicyclic amines) is 3. The van der Waals surface area contributed by atoms with Gasteiger partial charge in [-0.05, 0) is 126 Å². The van der Waals surface area contributed by atoms with Crippen molar-refractivity contribution >= 4 is 5.71 Å². The van der Waals surface area contributed by atoms with Gasteiger partial charge in [-0.15, -0.1) is 0 Å². The van der Waals surface area contributed by atoms with E-state index in [1.54, 1.807) is 0 Å². The fraction of sp³-hybridized carbons (Fsp3) is 0.667. The zero-order chi connectivity index (χ0) is 30.2. The monoisotopic (exact) mass is 588 g/mol. The van der Waals surface area contributed by atoms with Gasteiger partial charge in [-0.25, -0.2) is 0 Å². The standard InChI is InChI=1S/C33H47F3N4O2/c1-4-21(2)32-28(22(3)31(37)29-10-9-23(17-30(29)42)33(34,35)36)8-6-14-40(32)25-7-5-13-39(20-25)24-11-15-38(16-12-24)26-18-27(41)19-26/h9-10,17,24-27,37,41-42H,4-8,11-16,18-20H2,1-3H3/b28-22-,32-21-,37-31?. The van der Waals surface area contributed by atoms with E-state index in [4.69, 9.17) is 5.41 Å². The minimum Gasteiger partial charge on any atom is -0.507 e. The highest BCUT2D eigenvalue weighted by Gasteiger charge is 2.38. The fourth-order valence-corrected chi connectivity index (χ4v) is 7.55. The van der Waals surface area contributed by atoms with Crippen LogP contribution in [0.1, 0.15) is 89.7 Å². The molecule has 1 aliphatic carbocycles. The van der Waals surface area contributed by atoms with Gasteiger partial charge in [0.05, 0.1) is 17.4 Å². The van der Waals surface area contributed by atoms with Crippen molar-refractivity contribution in [2.24, 2.45) is 0 Å². The second-order valence-corrected chi connectivity index (χ2v) is 12.8. The number of piperidine rings is 3. The molecule has 0 amide bonds. The van der Waals surface area contributed by atoms with Gasteiger partial charge in [-0.3, -0.25) is 10.3 Å². The zero-order valence-electron chi connectivity index (χ0n) is 25.3. The van der Waals surface area contributed by atoms with Gasteiger partial charge < -0.3 is 20.0 Å². The summed E-state index contributed by atoms with van der Waals surface area (Å²) in [5.41, 5.74) is 3.56.